The average molecular weight is 342 g/mol. The highest BCUT2D eigenvalue weighted by atomic mass is 16.5. The molecule has 130 valence electrons. The summed E-state index contributed by atoms with van der Waals surface area (Å²) in [4.78, 5) is 12.7. The lowest BCUT2D eigenvalue weighted by Gasteiger charge is -2.11. The maximum Gasteiger partial charge on any atom is 0.197 e. The number of hydrogen-bond donors (Lipinski definition) is 0. The van der Waals surface area contributed by atoms with Crippen molar-refractivity contribution in [1.29, 1.82) is 0 Å². The first kappa shape index (κ1) is 16.7. The molecule has 0 unspecified atom stereocenters. The minimum atomic E-state index is -0.228. The van der Waals surface area contributed by atoms with Crippen LogP contribution in [0.25, 0.3) is 22.3 Å². The van der Waals surface area contributed by atoms with Gasteiger partial charge in [0.05, 0.1) is 28.4 Å². The smallest absolute Gasteiger partial charge is 0.197 e. The SMILES string of the molecule is COc1cc(OC)cc(-c2cc(=O)c3c(OC)c(OC)ccc3o2)c1. The van der Waals surface area contributed by atoms with Gasteiger partial charge in [0.15, 0.2) is 16.9 Å². The molecule has 0 aliphatic carbocycles. The first-order chi connectivity index (χ1) is 12.1. The molecule has 0 aliphatic rings. The first-order valence-corrected chi connectivity index (χ1v) is 7.53. The van der Waals surface area contributed by atoms with Crippen LogP contribution in [0.1, 0.15) is 0 Å². The van der Waals surface area contributed by atoms with Crippen LogP contribution in [-0.2, 0) is 0 Å². The fraction of sp³-hybridized carbons (Fsp3) is 0.211. The van der Waals surface area contributed by atoms with Gasteiger partial charge in [-0.3, -0.25) is 4.79 Å². The monoisotopic (exact) mass is 342 g/mol. The van der Waals surface area contributed by atoms with Crippen LogP contribution in [0.4, 0.5) is 0 Å². The Balaban J connectivity index is 2.25. The fourth-order valence-electron chi connectivity index (χ4n) is 2.66. The highest BCUT2D eigenvalue weighted by molar-refractivity contribution is 5.87. The molecule has 0 bridgehead atoms. The Hall–Kier alpha value is -3.15. The second-order valence-corrected chi connectivity index (χ2v) is 5.25. The molecule has 0 fully saturated rings. The van der Waals surface area contributed by atoms with Gasteiger partial charge in [-0.25, -0.2) is 0 Å². The van der Waals surface area contributed by atoms with Crippen LogP contribution in [0, 0.1) is 0 Å². The van der Waals surface area contributed by atoms with Crippen molar-refractivity contribution in [3.05, 3.63) is 46.6 Å². The Morgan fingerprint density at radius 3 is 2.04 bits per heavy atom. The zero-order valence-electron chi connectivity index (χ0n) is 14.4. The van der Waals surface area contributed by atoms with E-state index in [-0.39, 0.29) is 5.43 Å². The van der Waals surface area contributed by atoms with E-state index in [4.69, 9.17) is 23.4 Å². The summed E-state index contributed by atoms with van der Waals surface area (Å²) in [5, 5.41) is 0.334. The molecule has 0 amide bonds. The summed E-state index contributed by atoms with van der Waals surface area (Å²) in [5.74, 6) is 2.43. The average Bonchev–Trinajstić information content (AvgIpc) is 2.66. The second-order valence-electron chi connectivity index (χ2n) is 5.25. The van der Waals surface area contributed by atoms with Gasteiger partial charge in [0.2, 0.25) is 0 Å². The van der Waals surface area contributed by atoms with Crippen molar-refractivity contribution in [3.63, 3.8) is 0 Å². The summed E-state index contributed by atoms with van der Waals surface area (Å²) in [6.07, 6.45) is 0. The van der Waals surface area contributed by atoms with Gasteiger partial charge in [-0.15, -0.1) is 0 Å². The van der Waals surface area contributed by atoms with E-state index < -0.39 is 0 Å². The predicted octanol–water partition coefficient (Wildman–Crippen LogP) is 3.49. The van der Waals surface area contributed by atoms with Crippen LogP contribution < -0.4 is 24.4 Å². The molecule has 1 heterocycles. The number of fused-ring (bicyclic) bond motifs is 1. The molecule has 0 atom stereocenters. The third kappa shape index (κ3) is 2.98. The van der Waals surface area contributed by atoms with E-state index in [0.717, 1.165) is 0 Å². The Bertz CT molecular complexity index is 951. The third-order valence-electron chi connectivity index (χ3n) is 3.87. The molecule has 6 nitrogen and oxygen atoms in total. The van der Waals surface area contributed by atoms with Gasteiger partial charge >= 0.3 is 0 Å². The first-order valence-electron chi connectivity index (χ1n) is 7.53. The maximum atomic E-state index is 12.7. The van der Waals surface area contributed by atoms with Crippen molar-refractivity contribution in [2.45, 2.75) is 0 Å². The lowest BCUT2D eigenvalue weighted by Crippen LogP contribution is -2.04. The van der Waals surface area contributed by atoms with Gasteiger partial charge in [-0.1, -0.05) is 0 Å². The van der Waals surface area contributed by atoms with E-state index >= 15 is 0 Å². The molecule has 0 saturated heterocycles. The van der Waals surface area contributed by atoms with Crippen molar-refractivity contribution in [3.8, 4) is 34.3 Å². The van der Waals surface area contributed by atoms with Crippen LogP contribution in [0.2, 0.25) is 0 Å². The molecular formula is C19H18O6. The zero-order chi connectivity index (χ0) is 18.0. The summed E-state index contributed by atoms with van der Waals surface area (Å²) < 4.78 is 27.0. The Morgan fingerprint density at radius 1 is 0.800 bits per heavy atom. The molecule has 25 heavy (non-hydrogen) atoms. The topological polar surface area (TPSA) is 67.1 Å². The van der Waals surface area contributed by atoms with E-state index in [1.54, 1.807) is 44.6 Å². The molecule has 3 rings (SSSR count). The zero-order valence-corrected chi connectivity index (χ0v) is 14.4. The minimum absolute atomic E-state index is 0.228. The Labute approximate surface area is 144 Å². The van der Waals surface area contributed by atoms with E-state index in [2.05, 4.69) is 0 Å². The molecule has 2 aromatic carbocycles. The number of hydrogen-bond acceptors (Lipinski definition) is 6. The molecule has 0 radical (unpaired) electrons. The summed E-state index contributed by atoms with van der Waals surface area (Å²) in [6.45, 7) is 0. The summed E-state index contributed by atoms with van der Waals surface area (Å²) in [7, 11) is 6.12. The van der Waals surface area contributed by atoms with Gasteiger partial charge in [-0.05, 0) is 24.3 Å². The van der Waals surface area contributed by atoms with Gasteiger partial charge in [0, 0.05) is 17.7 Å². The number of methoxy groups -OCH3 is 4. The quantitative estimate of drug-likeness (QED) is 0.707. The number of ether oxygens (including phenoxy) is 4. The van der Waals surface area contributed by atoms with Gasteiger partial charge < -0.3 is 23.4 Å². The molecule has 1 aromatic heterocycles. The van der Waals surface area contributed by atoms with Crippen molar-refractivity contribution >= 4 is 11.0 Å². The highest BCUT2D eigenvalue weighted by Gasteiger charge is 2.16. The predicted molar refractivity (Wildman–Crippen MR) is 94.1 cm³/mol. The van der Waals surface area contributed by atoms with Crippen LogP contribution in [-0.4, -0.2) is 28.4 Å². The van der Waals surface area contributed by atoms with E-state index in [0.29, 0.717) is 45.3 Å². The third-order valence-corrected chi connectivity index (χ3v) is 3.87. The van der Waals surface area contributed by atoms with Crippen LogP contribution in [0.3, 0.4) is 0 Å². The Kier molecular flexibility index (Phi) is 4.52. The van der Waals surface area contributed by atoms with E-state index in [1.807, 2.05) is 0 Å². The van der Waals surface area contributed by atoms with Crippen LogP contribution >= 0.6 is 0 Å². The summed E-state index contributed by atoms with van der Waals surface area (Å²) in [6, 6.07) is 10.1. The molecule has 0 saturated carbocycles. The molecule has 3 aromatic rings. The Morgan fingerprint density at radius 2 is 1.48 bits per heavy atom. The van der Waals surface area contributed by atoms with Crippen molar-refractivity contribution in [2.75, 3.05) is 28.4 Å². The standard InChI is InChI=1S/C19H18O6/c1-21-12-7-11(8-13(9-12)22-2)17-10-14(20)18-15(25-17)5-6-16(23-3)19(18)24-4/h5-10H,1-4H3. The van der Waals surface area contributed by atoms with Gasteiger partial charge in [0.25, 0.3) is 0 Å². The normalized spacial score (nSPS) is 10.6. The molecular weight excluding hydrogens is 324 g/mol. The minimum Gasteiger partial charge on any atom is -0.497 e. The van der Waals surface area contributed by atoms with Crippen molar-refractivity contribution < 1.29 is 23.4 Å². The molecule has 0 aliphatic heterocycles. The highest BCUT2D eigenvalue weighted by Crippen LogP contribution is 2.36. The summed E-state index contributed by atoms with van der Waals surface area (Å²) >= 11 is 0. The van der Waals surface area contributed by atoms with Crippen molar-refractivity contribution in [1.82, 2.24) is 0 Å². The largest absolute Gasteiger partial charge is 0.497 e. The van der Waals surface area contributed by atoms with Crippen molar-refractivity contribution in [2.24, 2.45) is 0 Å². The number of rotatable bonds is 5. The van der Waals surface area contributed by atoms with E-state index in [1.165, 1.54) is 20.3 Å². The maximum absolute atomic E-state index is 12.7. The second kappa shape index (κ2) is 6.76. The van der Waals surface area contributed by atoms with Crippen LogP contribution in [0.15, 0.2) is 45.6 Å². The molecule has 6 heteroatoms. The van der Waals surface area contributed by atoms with E-state index in [9.17, 15) is 4.79 Å². The van der Waals surface area contributed by atoms with Gasteiger partial charge in [-0.2, -0.15) is 0 Å². The molecule has 0 N–H and O–H groups in total. The lowest BCUT2D eigenvalue weighted by atomic mass is 10.1. The van der Waals surface area contributed by atoms with Crippen LogP contribution in [0.5, 0.6) is 23.0 Å². The summed E-state index contributed by atoms with van der Waals surface area (Å²) in [5.41, 5.74) is 0.848. The molecule has 0 spiro atoms. The fourth-order valence-corrected chi connectivity index (χ4v) is 2.66. The number of benzene rings is 2. The van der Waals surface area contributed by atoms with Gasteiger partial charge in [0.1, 0.15) is 28.2 Å². The lowest BCUT2D eigenvalue weighted by molar-refractivity contribution is 0.358.